The Morgan fingerprint density at radius 1 is 1.17 bits per heavy atom. The fourth-order valence-corrected chi connectivity index (χ4v) is 3.58. The summed E-state index contributed by atoms with van der Waals surface area (Å²) in [6.45, 7) is 9.67. The molecule has 1 saturated carbocycles. The molecule has 1 aromatic carbocycles. The van der Waals surface area contributed by atoms with Crippen molar-refractivity contribution in [2.75, 3.05) is 25.2 Å². The molecule has 0 aromatic heterocycles. The molecule has 1 fully saturated rings. The molecule has 0 unspecified atom stereocenters. The van der Waals surface area contributed by atoms with Crippen LogP contribution in [-0.2, 0) is 16.0 Å². The van der Waals surface area contributed by atoms with Crippen LogP contribution in [0.5, 0.6) is 0 Å². The van der Waals surface area contributed by atoms with Gasteiger partial charge in [-0.2, -0.15) is 0 Å². The third-order valence-corrected chi connectivity index (χ3v) is 5.20. The highest BCUT2D eigenvalue weighted by Crippen LogP contribution is 2.34. The highest BCUT2D eigenvalue weighted by atomic mass is 16.5. The van der Waals surface area contributed by atoms with E-state index < -0.39 is 0 Å². The second-order valence-corrected chi connectivity index (χ2v) is 6.89. The van der Waals surface area contributed by atoms with Gasteiger partial charge in [0.15, 0.2) is 0 Å². The number of carbonyl (C=O) groups excluding carboxylic acids is 1. The lowest BCUT2D eigenvalue weighted by Crippen LogP contribution is -2.37. The Labute approximate surface area is 146 Å². The fourth-order valence-electron chi connectivity index (χ4n) is 3.58. The summed E-state index contributed by atoms with van der Waals surface area (Å²) in [6.07, 6.45) is 5.07. The molecule has 1 aromatic rings. The number of rotatable bonds is 7. The van der Waals surface area contributed by atoms with Gasteiger partial charge in [-0.05, 0) is 69.6 Å². The average molecular weight is 329 g/mol. The Kier molecular flexibility index (Phi) is 7.04. The van der Waals surface area contributed by atoms with Gasteiger partial charge in [0.1, 0.15) is 0 Å². The molecule has 0 spiro atoms. The molecular formula is C21H31NO2. The summed E-state index contributed by atoms with van der Waals surface area (Å²) in [7, 11) is 1.72. The number of ether oxygens (including phenoxy) is 1. The topological polar surface area (TPSA) is 29.5 Å². The van der Waals surface area contributed by atoms with Crippen LogP contribution in [0.4, 0.5) is 5.69 Å². The largest absolute Gasteiger partial charge is 0.384 e. The number of carbonyl (C=O) groups is 1. The van der Waals surface area contributed by atoms with Crippen molar-refractivity contribution in [3.05, 3.63) is 42.0 Å². The fraction of sp³-hybridized carbons (Fsp3) is 0.571. The van der Waals surface area contributed by atoms with E-state index in [1.165, 1.54) is 11.1 Å². The maximum Gasteiger partial charge on any atom is 0.230 e. The van der Waals surface area contributed by atoms with Gasteiger partial charge in [-0.1, -0.05) is 24.3 Å². The molecule has 0 aliphatic heterocycles. The van der Waals surface area contributed by atoms with Crippen LogP contribution in [0.1, 0.15) is 45.1 Å². The van der Waals surface area contributed by atoms with Crippen molar-refractivity contribution in [2.24, 2.45) is 11.8 Å². The van der Waals surface area contributed by atoms with E-state index in [9.17, 15) is 4.79 Å². The predicted molar refractivity (Wildman–Crippen MR) is 100 cm³/mol. The summed E-state index contributed by atoms with van der Waals surface area (Å²) in [5.41, 5.74) is 3.51. The van der Waals surface area contributed by atoms with Gasteiger partial charge in [0.25, 0.3) is 0 Å². The molecule has 0 radical (unpaired) electrons. The average Bonchev–Trinajstić information content (AvgIpc) is 2.61. The summed E-state index contributed by atoms with van der Waals surface area (Å²) < 4.78 is 5.12. The van der Waals surface area contributed by atoms with Gasteiger partial charge in [-0.25, -0.2) is 0 Å². The maximum absolute atomic E-state index is 12.9. The Bertz CT molecular complexity index is 541. The van der Waals surface area contributed by atoms with E-state index in [1.54, 1.807) is 7.11 Å². The lowest BCUT2D eigenvalue weighted by Gasteiger charge is -2.32. The van der Waals surface area contributed by atoms with Crippen molar-refractivity contribution in [1.82, 2.24) is 0 Å². The molecule has 0 saturated heterocycles. The van der Waals surface area contributed by atoms with Crippen LogP contribution in [0.3, 0.4) is 0 Å². The van der Waals surface area contributed by atoms with E-state index in [-0.39, 0.29) is 11.8 Å². The first kappa shape index (κ1) is 18.7. The monoisotopic (exact) mass is 329 g/mol. The first-order valence-electron chi connectivity index (χ1n) is 9.11. The smallest absolute Gasteiger partial charge is 0.230 e. The number of hydrogen-bond acceptors (Lipinski definition) is 2. The Hall–Kier alpha value is -1.61. The first-order chi connectivity index (χ1) is 11.6. The maximum atomic E-state index is 12.9. The minimum absolute atomic E-state index is 0.161. The zero-order chi connectivity index (χ0) is 17.5. The minimum Gasteiger partial charge on any atom is -0.384 e. The van der Waals surface area contributed by atoms with Crippen LogP contribution < -0.4 is 4.90 Å². The van der Waals surface area contributed by atoms with E-state index in [1.807, 2.05) is 4.90 Å². The molecule has 0 bridgehead atoms. The van der Waals surface area contributed by atoms with Crippen LogP contribution in [-0.4, -0.2) is 26.2 Å². The van der Waals surface area contributed by atoms with Crippen molar-refractivity contribution >= 4 is 11.6 Å². The summed E-state index contributed by atoms with van der Waals surface area (Å²) in [6, 6.07) is 8.32. The molecule has 1 aliphatic rings. The molecule has 3 nitrogen and oxygen atoms in total. The van der Waals surface area contributed by atoms with E-state index in [4.69, 9.17) is 4.74 Å². The molecule has 1 amide bonds. The molecule has 2 rings (SSSR count). The molecule has 0 heterocycles. The number of anilines is 1. The van der Waals surface area contributed by atoms with Crippen molar-refractivity contribution in [3.8, 4) is 0 Å². The van der Waals surface area contributed by atoms with Crippen LogP contribution in [0.2, 0.25) is 0 Å². The van der Waals surface area contributed by atoms with Crippen molar-refractivity contribution in [1.29, 1.82) is 0 Å². The lowest BCUT2D eigenvalue weighted by molar-refractivity contribution is -0.123. The van der Waals surface area contributed by atoms with Gasteiger partial charge >= 0.3 is 0 Å². The van der Waals surface area contributed by atoms with Gasteiger partial charge < -0.3 is 9.64 Å². The Morgan fingerprint density at radius 2 is 1.75 bits per heavy atom. The number of methoxy groups -OCH3 is 1. The quantitative estimate of drug-likeness (QED) is 0.684. The van der Waals surface area contributed by atoms with Gasteiger partial charge in [-0.15, -0.1) is 0 Å². The Balaban J connectivity index is 2.00. The van der Waals surface area contributed by atoms with Gasteiger partial charge in [0.05, 0.1) is 6.61 Å². The highest BCUT2D eigenvalue weighted by molar-refractivity contribution is 5.95. The second kappa shape index (κ2) is 9.03. The van der Waals surface area contributed by atoms with Crippen molar-refractivity contribution in [3.63, 3.8) is 0 Å². The summed E-state index contributed by atoms with van der Waals surface area (Å²) >= 11 is 0. The van der Waals surface area contributed by atoms with Crippen LogP contribution >= 0.6 is 0 Å². The molecule has 132 valence electrons. The van der Waals surface area contributed by atoms with Crippen LogP contribution in [0, 0.1) is 11.8 Å². The normalized spacial score (nSPS) is 20.6. The first-order valence-corrected chi connectivity index (χ1v) is 9.11. The number of allylic oxidation sites excluding steroid dienone is 1. The van der Waals surface area contributed by atoms with Crippen molar-refractivity contribution in [2.45, 2.75) is 46.0 Å². The number of benzene rings is 1. The van der Waals surface area contributed by atoms with E-state index in [0.29, 0.717) is 5.92 Å². The third-order valence-electron chi connectivity index (χ3n) is 5.20. The van der Waals surface area contributed by atoms with Crippen molar-refractivity contribution < 1.29 is 9.53 Å². The molecule has 0 N–H and O–H groups in total. The van der Waals surface area contributed by atoms with Gasteiger partial charge in [0, 0.05) is 25.3 Å². The van der Waals surface area contributed by atoms with Gasteiger partial charge in [0.2, 0.25) is 5.91 Å². The number of hydrogen-bond donors (Lipinski definition) is 0. The van der Waals surface area contributed by atoms with E-state index in [0.717, 1.165) is 50.9 Å². The minimum atomic E-state index is 0.161. The van der Waals surface area contributed by atoms with Crippen LogP contribution in [0.15, 0.2) is 36.4 Å². The molecular weight excluding hydrogens is 298 g/mol. The molecule has 0 atom stereocenters. The molecule has 3 heteroatoms. The third kappa shape index (κ3) is 4.70. The molecule has 24 heavy (non-hydrogen) atoms. The summed E-state index contributed by atoms with van der Waals surface area (Å²) in [5, 5.41) is 0. The number of nitrogens with zero attached hydrogens (tertiary/aromatic N) is 1. The molecule has 1 aliphatic carbocycles. The predicted octanol–water partition coefficient (Wildman–Crippen LogP) is 4.61. The number of amides is 1. The zero-order valence-electron chi connectivity index (χ0n) is 15.4. The van der Waals surface area contributed by atoms with Gasteiger partial charge in [-0.3, -0.25) is 4.79 Å². The summed E-state index contributed by atoms with van der Waals surface area (Å²) in [4.78, 5) is 14.9. The standard InChI is InChI=1S/C21H31NO2/c1-5-22(20-12-6-17(7-13-20)14-15-24-4)21(23)19-10-8-18(9-11-19)16(2)3/h6-7,12-13,18-19H,2,5,8-11,14-15H2,1,3-4H3. The Morgan fingerprint density at radius 3 is 2.25 bits per heavy atom. The highest BCUT2D eigenvalue weighted by Gasteiger charge is 2.29. The van der Waals surface area contributed by atoms with E-state index >= 15 is 0 Å². The summed E-state index contributed by atoms with van der Waals surface area (Å²) in [5.74, 6) is 1.04. The lowest BCUT2D eigenvalue weighted by atomic mass is 9.78. The second-order valence-electron chi connectivity index (χ2n) is 6.89. The zero-order valence-corrected chi connectivity index (χ0v) is 15.4. The van der Waals surface area contributed by atoms with E-state index in [2.05, 4.69) is 44.7 Å². The van der Waals surface area contributed by atoms with Crippen LogP contribution in [0.25, 0.3) is 0 Å². The SMILES string of the molecule is C=C(C)C1CCC(C(=O)N(CC)c2ccc(CCOC)cc2)CC1.